The number of aliphatic hydroxyl groups is 1. The van der Waals surface area contributed by atoms with Gasteiger partial charge in [0.1, 0.15) is 29.7 Å². The Morgan fingerprint density at radius 1 is 1.00 bits per heavy atom. The van der Waals surface area contributed by atoms with E-state index in [1.807, 2.05) is 4.57 Å². The number of nitrogens with zero attached hydrogens (tertiary/aromatic N) is 3. The van der Waals surface area contributed by atoms with Crippen molar-refractivity contribution in [3.63, 3.8) is 0 Å². The number of ether oxygens (including phenoxy) is 3. The molecule has 0 spiro atoms. The zero-order valence-electron chi connectivity index (χ0n) is 25.5. The predicted octanol–water partition coefficient (Wildman–Crippen LogP) is 6.97. The summed E-state index contributed by atoms with van der Waals surface area (Å²) in [6, 6.07) is 18.7. The number of epoxide rings is 1. The third kappa shape index (κ3) is 6.62. The minimum atomic E-state index is -0.993. The Labute approximate surface area is 268 Å². The molecule has 0 amide bonds. The Morgan fingerprint density at radius 3 is 2.53 bits per heavy atom. The summed E-state index contributed by atoms with van der Waals surface area (Å²) in [6.45, 7) is 4.56. The maximum Gasteiger partial charge on any atom is 0.200 e. The van der Waals surface area contributed by atoms with Gasteiger partial charge in [-0.25, -0.2) is 13.8 Å². The highest BCUT2D eigenvalue weighted by atomic mass is 19.1. The molecule has 4 heterocycles. The van der Waals surface area contributed by atoms with Gasteiger partial charge >= 0.3 is 0 Å². The summed E-state index contributed by atoms with van der Waals surface area (Å²) >= 11 is 0. The normalized spacial score (nSPS) is 14.4. The van der Waals surface area contributed by atoms with Crippen LogP contribution in [0.4, 0.5) is 20.3 Å². The molecule has 1 atom stereocenters. The number of benzene rings is 3. The van der Waals surface area contributed by atoms with E-state index in [9.17, 15) is 14.3 Å². The van der Waals surface area contributed by atoms with Gasteiger partial charge in [0.05, 0.1) is 41.3 Å². The number of nitrogens with one attached hydrogen (secondary N) is 1. The van der Waals surface area contributed by atoms with Gasteiger partial charge in [-0.2, -0.15) is 0 Å². The van der Waals surface area contributed by atoms with E-state index in [4.69, 9.17) is 14.2 Å². The van der Waals surface area contributed by atoms with Crippen LogP contribution in [-0.4, -0.2) is 44.6 Å². The van der Waals surface area contributed by atoms with Crippen molar-refractivity contribution in [3.05, 3.63) is 113 Å². The average molecular weight is 637 g/mol. The highest BCUT2D eigenvalue weighted by molar-refractivity contribution is 5.94. The lowest BCUT2D eigenvalue weighted by molar-refractivity contribution is 0.0285. The first-order chi connectivity index (χ1) is 22.6. The third-order valence-electron chi connectivity index (χ3n) is 7.63. The van der Waals surface area contributed by atoms with E-state index in [2.05, 4.69) is 15.3 Å². The number of aromatic nitrogens is 3. The van der Waals surface area contributed by atoms with Crippen molar-refractivity contribution in [3.8, 4) is 28.4 Å². The maximum atomic E-state index is 15.5. The van der Waals surface area contributed by atoms with Crippen LogP contribution in [0.5, 0.6) is 17.2 Å². The molecule has 0 bridgehead atoms. The Morgan fingerprint density at radius 2 is 1.79 bits per heavy atom. The molecule has 238 valence electrons. The van der Waals surface area contributed by atoms with Crippen LogP contribution in [0.3, 0.4) is 0 Å². The largest absolute Gasteiger partial charge is 0.491 e. The highest BCUT2D eigenvalue weighted by Gasteiger charge is 2.25. The Kier molecular flexibility index (Phi) is 7.78. The van der Waals surface area contributed by atoms with E-state index in [1.54, 1.807) is 81.0 Å². The third-order valence-corrected chi connectivity index (χ3v) is 7.63. The summed E-state index contributed by atoms with van der Waals surface area (Å²) in [6.07, 6.45) is 4.91. The smallest absolute Gasteiger partial charge is 0.200 e. The number of halogens is 2. The van der Waals surface area contributed by atoms with E-state index in [0.29, 0.717) is 63.3 Å². The van der Waals surface area contributed by atoms with Gasteiger partial charge in [0.25, 0.3) is 0 Å². The van der Waals surface area contributed by atoms with E-state index in [1.165, 1.54) is 24.3 Å². The van der Waals surface area contributed by atoms with Gasteiger partial charge in [0.15, 0.2) is 11.6 Å². The van der Waals surface area contributed by atoms with Crippen LogP contribution in [0.15, 0.2) is 96.2 Å². The number of rotatable bonds is 10. The summed E-state index contributed by atoms with van der Waals surface area (Å²) in [5, 5.41) is 14.0. The molecule has 1 unspecified atom stereocenters. The van der Waals surface area contributed by atoms with Crippen molar-refractivity contribution in [2.75, 3.05) is 18.5 Å². The number of anilines is 2. The molecular weight excluding hydrogens is 606 g/mol. The predicted molar refractivity (Wildman–Crippen MR) is 174 cm³/mol. The first-order valence-electron chi connectivity index (χ1n) is 15.0. The molecule has 9 nitrogen and oxygen atoms in total. The molecule has 0 aliphatic carbocycles. The van der Waals surface area contributed by atoms with Crippen LogP contribution >= 0.6 is 0 Å². The van der Waals surface area contributed by atoms with Gasteiger partial charge in [-0.05, 0) is 67.9 Å². The highest BCUT2D eigenvalue weighted by Crippen LogP contribution is 2.34. The fourth-order valence-electron chi connectivity index (χ4n) is 5.26. The molecule has 1 fully saturated rings. The summed E-state index contributed by atoms with van der Waals surface area (Å²) in [5.41, 5.74) is 1.22. The second-order valence-corrected chi connectivity index (χ2v) is 12.0. The molecular formula is C36H30F2N4O5. The summed E-state index contributed by atoms with van der Waals surface area (Å²) < 4.78 is 48.2. The number of hydrogen-bond acceptors (Lipinski definition) is 8. The molecule has 3 aromatic carbocycles. The molecule has 6 aromatic rings. The Hall–Kier alpha value is -5.39. The second-order valence-electron chi connectivity index (χ2n) is 12.0. The summed E-state index contributed by atoms with van der Waals surface area (Å²) in [7, 11) is 0. The topological polar surface area (TPSA) is 111 Å². The summed E-state index contributed by atoms with van der Waals surface area (Å²) in [4.78, 5) is 22.7. The monoisotopic (exact) mass is 636 g/mol. The van der Waals surface area contributed by atoms with Crippen molar-refractivity contribution >= 4 is 33.3 Å². The zero-order valence-corrected chi connectivity index (χ0v) is 25.5. The lowest BCUT2D eigenvalue weighted by Crippen LogP contribution is -2.27. The molecule has 0 radical (unpaired) electrons. The van der Waals surface area contributed by atoms with Crippen molar-refractivity contribution in [2.24, 2.45) is 0 Å². The summed E-state index contributed by atoms with van der Waals surface area (Å²) in [5.74, 6) is 0.122. The lowest BCUT2D eigenvalue weighted by atomic mass is 10.0. The van der Waals surface area contributed by atoms with E-state index < -0.39 is 17.2 Å². The van der Waals surface area contributed by atoms with Crippen LogP contribution in [0.25, 0.3) is 32.9 Å². The second kappa shape index (κ2) is 12.1. The number of hydrogen-bond donors (Lipinski definition) is 2. The maximum absolute atomic E-state index is 15.5. The average Bonchev–Trinajstić information content (AvgIpc) is 3.87. The standard InChI is InChI=1S/C36H30F2N4O5/c1-36(2,44)20-46-24-8-9-26-29(16-24)39-14-12-31(26)47-32-10-7-23(15-28(32)38)41-35-33-30(11-13-40-35)42(17-25-19-45-25)18-27(34(33)43)21-3-5-22(37)6-4-21/h3-16,18,25,44H,17,19-20H2,1-2H3,(H,40,41). The number of pyridine rings is 3. The molecule has 0 saturated carbocycles. The molecule has 1 saturated heterocycles. The minimum Gasteiger partial charge on any atom is -0.491 e. The van der Waals surface area contributed by atoms with Crippen molar-refractivity contribution in [2.45, 2.75) is 32.1 Å². The van der Waals surface area contributed by atoms with Gasteiger partial charge in [-0.1, -0.05) is 12.1 Å². The van der Waals surface area contributed by atoms with E-state index >= 15 is 4.39 Å². The van der Waals surface area contributed by atoms with Crippen LogP contribution in [0.1, 0.15) is 13.8 Å². The van der Waals surface area contributed by atoms with Crippen LogP contribution in [0.2, 0.25) is 0 Å². The van der Waals surface area contributed by atoms with Crippen molar-refractivity contribution < 1.29 is 28.1 Å². The van der Waals surface area contributed by atoms with Crippen LogP contribution < -0.4 is 20.2 Å². The molecule has 1 aliphatic rings. The molecule has 7 rings (SSSR count). The van der Waals surface area contributed by atoms with Crippen molar-refractivity contribution in [1.82, 2.24) is 14.5 Å². The lowest BCUT2D eigenvalue weighted by Gasteiger charge is -2.18. The van der Waals surface area contributed by atoms with Gasteiger partial charge in [0, 0.05) is 47.4 Å². The van der Waals surface area contributed by atoms with Gasteiger partial charge in [0.2, 0.25) is 5.43 Å². The van der Waals surface area contributed by atoms with Gasteiger partial charge < -0.3 is 29.2 Å². The fraction of sp³-hybridized carbons (Fsp3) is 0.194. The molecule has 2 N–H and O–H groups in total. The van der Waals surface area contributed by atoms with E-state index in [0.717, 1.165) is 0 Å². The SMILES string of the molecule is CC(C)(O)COc1ccc2c(Oc3ccc(Nc4nccc5c4c(=O)c(-c4ccc(F)cc4)cn5CC4CO4)cc3F)ccnc2c1. The van der Waals surface area contributed by atoms with Gasteiger partial charge in [-0.3, -0.25) is 9.78 Å². The molecule has 3 aromatic heterocycles. The first-order valence-corrected chi connectivity index (χ1v) is 15.0. The van der Waals surface area contributed by atoms with Crippen molar-refractivity contribution in [1.29, 1.82) is 0 Å². The Balaban J connectivity index is 1.19. The molecule has 1 aliphatic heterocycles. The van der Waals surface area contributed by atoms with Crippen LogP contribution in [0, 0.1) is 11.6 Å². The first kappa shape index (κ1) is 30.3. The fourth-order valence-corrected chi connectivity index (χ4v) is 5.26. The number of fused-ring (bicyclic) bond motifs is 2. The van der Waals surface area contributed by atoms with Gasteiger partial charge in [-0.15, -0.1) is 0 Å². The molecule has 11 heteroatoms. The zero-order chi connectivity index (χ0) is 32.7. The van der Waals surface area contributed by atoms with E-state index in [-0.39, 0.29) is 29.7 Å². The Bertz CT molecular complexity index is 2180. The molecule has 47 heavy (non-hydrogen) atoms. The minimum absolute atomic E-state index is 0.0123. The van der Waals surface area contributed by atoms with Crippen LogP contribution in [-0.2, 0) is 11.3 Å². The quantitative estimate of drug-likeness (QED) is 0.155.